The van der Waals surface area contributed by atoms with Gasteiger partial charge in [0.1, 0.15) is 0 Å². The number of rotatable bonds is 5. The number of likely N-dealkylation sites (tertiary alicyclic amines) is 1. The first kappa shape index (κ1) is 16.6. The van der Waals surface area contributed by atoms with E-state index in [1.807, 2.05) is 0 Å². The van der Waals surface area contributed by atoms with Crippen molar-refractivity contribution in [3.05, 3.63) is 35.4 Å². The molecule has 2 heterocycles. The second kappa shape index (κ2) is 7.55. The van der Waals surface area contributed by atoms with E-state index in [0.717, 1.165) is 39.1 Å². The summed E-state index contributed by atoms with van der Waals surface area (Å²) in [4.78, 5) is 2.60. The van der Waals surface area contributed by atoms with E-state index in [-0.39, 0.29) is 5.60 Å². The standard InChI is InChI=1S/C21H31NO2/c1-2-8-19(9-3-1)23-16-6-13-22-14-11-21(12-15-22)20-10-5-4-7-18(20)17-24-21/h4-5,7,10,19H,1-3,6,8-9,11-17H2. The van der Waals surface area contributed by atoms with Crippen molar-refractivity contribution in [3.8, 4) is 0 Å². The van der Waals surface area contributed by atoms with Crippen molar-refractivity contribution in [2.45, 2.75) is 69.7 Å². The van der Waals surface area contributed by atoms with Crippen LogP contribution in [0.3, 0.4) is 0 Å². The van der Waals surface area contributed by atoms with Crippen LogP contribution in [0.25, 0.3) is 0 Å². The van der Waals surface area contributed by atoms with Gasteiger partial charge < -0.3 is 14.4 Å². The van der Waals surface area contributed by atoms with Crippen molar-refractivity contribution in [2.75, 3.05) is 26.2 Å². The minimum atomic E-state index is 0.00565. The first-order chi connectivity index (χ1) is 11.9. The van der Waals surface area contributed by atoms with Crippen molar-refractivity contribution >= 4 is 0 Å². The van der Waals surface area contributed by atoms with E-state index >= 15 is 0 Å². The minimum Gasteiger partial charge on any atom is -0.378 e. The molecule has 0 unspecified atom stereocenters. The summed E-state index contributed by atoms with van der Waals surface area (Å²) in [5, 5.41) is 0. The third-order valence-electron chi connectivity index (χ3n) is 6.20. The van der Waals surface area contributed by atoms with Gasteiger partial charge in [0.25, 0.3) is 0 Å². The van der Waals surface area contributed by atoms with Crippen LogP contribution < -0.4 is 0 Å². The van der Waals surface area contributed by atoms with Gasteiger partial charge in [0, 0.05) is 26.2 Å². The molecule has 2 aliphatic heterocycles. The van der Waals surface area contributed by atoms with Gasteiger partial charge in [-0.3, -0.25) is 0 Å². The average Bonchev–Trinajstić information content (AvgIpc) is 3.00. The van der Waals surface area contributed by atoms with Crippen molar-refractivity contribution < 1.29 is 9.47 Å². The van der Waals surface area contributed by atoms with Crippen LogP contribution in [0, 0.1) is 0 Å². The zero-order valence-corrected chi connectivity index (χ0v) is 14.8. The Balaban J connectivity index is 1.20. The van der Waals surface area contributed by atoms with E-state index in [0.29, 0.717) is 6.10 Å². The van der Waals surface area contributed by atoms with E-state index in [1.54, 1.807) is 0 Å². The summed E-state index contributed by atoms with van der Waals surface area (Å²) >= 11 is 0. The van der Waals surface area contributed by atoms with Crippen LogP contribution >= 0.6 is 0 Å². The lowest BCUT2D eigenvalue weighted by molar-refractivity contribution is -0.0797. The van der Waals surface area contributed by atoms with E-state index < -0.39 is 0 Å². The summed E-state index contributed by atoms with van der Waals surface area (Å²) in [5.41, 5.74) is 2.85. The summed E-state index contributed by atoms with van der Waals surface area (Å²) in [7, 11) is 0. The molecule has 0 aromatic heterocycles. The fourth-order valence-electron chi connectivity index (χ4n) is 4.71. The van der Waals surface area contributed by atoms with Gasteiger partial charge in [0.15, 0.2) is 0 Å². The molecule has 2 fully saturated rings. The third-order valence-corrected chi connectivity index (χ3v) is 6.20. The highest BCUT2D eigenvalue weighted by molar-refractivity contribution is 5.35. The van der Waals surface area contributed by atoms with Gasteiger partial charge in [0.2, 0.25) is 0 Å². The van der Waals surface area contributed by atoms with Crippen LogP contribution in [0.1, 0.15) is 62.5 Å². The zero-order chi connectivity index (χ0) is 16.2. The van der Waals surface area contributed by atoms with Crippen LogP contribution in [0.2, 0.25) is 0 Å². The molecule has 3 aliphatic rings. The molecule has 1 aromatic carbocycles. The Morgan fingerprint density at radius 3 is 2.71 bits per heavy atom. The number of ether oxygens (including phenoxy) is 2. The average molecular weight is 329 g/mol. The van der Waals surface area contributed by atoms with Crippen molar-refractivity contribution in [2.24, 2.45) is 0 Å². The van der Waals surface area contributed by atoms with Gasteiger partial charge in [-0.15, -0.1) is 0 Å². The molecule has 0 N–H and O–H groups in total. The molecule has 3 heteroatoms. The minimum absolute atomic E-state index is 0.00565. The smallest absolute Gasteiger partial charge is 0.0963 e. The molecule has 1 aromatic rings. The highest BCUT2D eigenvalue weighted by Gasteiger charge is 2.42. The highest BCUT2D eigenvalue weighted by atomic mass is 16.5. The predicted octanol–water partition coefficient (Wildman–Crippen LogP) is 4.25. The lowest BCUT2D eigenvalue weighted by atomic mass is 9.84. The molecule has 1 spiro atoms. The maximum atomic E-state index is 6.25. The highest BCUT2D eigenvalue weighted by Crippen LogP contribution is 2.43. The maximum Gasteiger partial charge on any atom is 0.0963 e. The Morgan fingerprint density at radius 2 is 1.88 bits per heavy atom. The number of nitrogens with zero attached hydrogens (tertiary/aromatic N) is 1. The van der Waals surface area contributed by atoms with Crippen molar-refractivity contribution in [1.29, 1.82) is 0 Å². The SMILES string of the molecule is c1ccc2c(c1)COC21CCN(CCCOC2CCCCC2)CC1. The largest absolute Gasteiger partial charge is 0.378 e. The van der Waals surface area contributed by atoms with Gasteiger partial charge >= 0.3 is 0 Å². The molecule has 24 heavy (non-hydrogen) atoms. The first-order valence-corrected chi connectivity index (χ1v) is 9.92. The van der Waals surface area contributed by atoms with Gasteiger partial charge in [-0.1, -0.05) is 43.5 Å². The number of hydrogen-bond acceptors (Lipinski definition) is 3. The Bertz CT molecular complexity index is 530. The third kappa shape index (κ3) is 3.54. The molecular formula is C21H31NO2. The molecule has 0 amide bonds. The summed E-state index contributed by atoms with van der Waals surface area (Å²) in [6.07, 6.45) is 10.7. The van der Waals surface area contributed by atoms with E-state index in [1.165, 1.54) is 56.2 Å². The number of piperidine rings is 1. The lowest BCUT2D eigenvalue weighted by Gasteiger charge is -2.39. The molecule has 1 aliphatic carbocycles. The topological polar surface area (TPSA) is 21.7 Å². The molecule has 0 atom stereocenters. The summed E-state index contributed by atoms with van der Waals surface area (Å²) in [5.74, 6) is 0. The fraction of sp³-hybridized carbons (Fsp3) is 0.714. The van der Waals surface area contributed by atoms with E-state index in [2.05, 4.69) is 29.2 Å². The molecule has 0 bridgehead atoms. The van der Waals surface area contributed by atoms with Crippen LogP contribution in [0.4, 0.5) is 0 Å². The molecule has 3 nitrogen and oxygen atoms in total. The number of benzene rings is 1. The second-order valence-corrected chi connectivity index (χ2v) is 7.77. The monoisotopic (exact) mass is 329 g/mol. The van der Waals surface area contributed by atoms with Crippen LogP contribution in [0.5, 0.6) is 0 Å². The van der Waals surface area contributed by atoms with Crippen LogP contribution in [-0.2, 0) is 21.7 Å². The number of hydrogen-bond donors (Lipinski definition) is 0. The molecule has 1 saturated carbocycles. The van der Waals surface area contributed by atoms with Crippen molar-refractivity contribution in [3.63, 3.8) is 0 Å². The second-order valence-electron chi connectivity index (χ2n) is 7.77. The van der Waals surface area contributed by atoms with Crippen LogP contribution in [-0.4, -0.2) is 37.2 Å². The first-order valence-electron chi connectivity index (χ1n) is 9.92. The van der Waals surface area contributed by atoms with Crippen molar-refractivity contribution in [1.82, 2.24) is 4.90 Å². The molecule has 1 saturated heterocycles. The van der Waals surface area contributed by atoms with Gasteiger partial charge in [-0.2, -0.15) is 0 Å². The predicted molar refractivity (Wildman–Crippen MR) is 96.0 cm³/mol. The van der Waals surface area contributed by atoms with E-state index in [4.69, 9.17) is 9.47 Å². The Morgan fingerprint density at radius 1 is 1.08 bits per heavy atom. The summed E-state index contributed by atoms with van der Waals surface area (Å²) in [6.45, 7) is 5.21. The quantitative estimate of drug-likeness (QED) is 0.754. The van der Waals surface area contributed by atoms with Crippen LogP contribution in [0.15, 0.2) is 24.3 Å². The fourth-order valence-corrected chi connectivity index (χ4v) is 4.71. The molecule has 132 valence electrons. The maximum absolute atomic E-state index is 6.25. The molecular weight excluding hydrogens is 298 g/mol. The normalized spacial score (nSPS) is 24.3. The lowest BCUT2D eigenvalue weighted by Crippen LogP contribution is -2.43. The zero-order valence-electron chi connectivity index (χ0n) is 14.8. The summed E-state index contributed by atoms with van der Waals surface area (Å²) < 4.78 is 12.3. The number of fused-ring (bicyclic) bond motifs is 2. The van der Waals surface area contributed by atoms with E-state index in [9.17, 15) is 0 Å². The summed E-state index contributed by atoms with van der Waals surface area (Å²) in [6, 6.07) is 8.78. The van der Waals surface area contributed by atoms with Gasteiger partial charge in [-0.05, 0) is 43.2 Å². The molecule has 4 rings (SSSR count). The Hall–Kier alpha value is -0.900. The molecule has 0 radical (unpaired) electrons. The van der Waals surface area contributed by atoms with Gasteiger partial charge in [0.05, 0.1) is 18.3 Å². The Labute approximate surface area is 146 Å². The Kier molecular flexibility index (Phi) is 5.21. The van der Waals surface area contributed by atoms with Gasteiger partial charge in [-0.25, -0.2) is 0 Å².